The highest BCUT2D eigenvalue weighted by atomic mass is 31.2. The summed E-state index contributed by atoms with van der Waals surface area (Å²) in [5.74, 6) is 23.7. The van der Waals surface area contributed by atoms with Crippen LogP contribution in [-0.4, -0.2) is 74.9 Å². The molecule has 1 unspecified atom stereocenters. The van der Waals surface area contributed by atoms with Crippen molar-refractivity contribution in [2.45, 2.75) is 290 Å². The molecule has 0 amide bonds. The van der Waals surface area contributed by atoms with Crippen LogP contribution in [0.3, 0.4) is 0 Å². The molecule has 0 aromatic rings. The SMILES string of the molecule is CCCCCCCCCCCCCCCCC#CC#CCCCCCCC(=O)OC[C@H](COP(=O)(O)OCC[N+](C)(C)C)OC(=O)CCCCCCC#CC#CCCCCCCCCCCCCCCCC. The Balaban J connectivity index is 4.27. The first-order valence-corrected chi connectivity index (χ1v) is 31.2. The lowest BCUT2D eigenvalue weighted by molar-refractivity contribution is -0.870. The average molecular weight is 1030 g/mol. The van der Waals surface area contributed by atoms with Crippen LogP contribution in [0.2, 0.25) is 0 Å². The van der Waals surface area contributed by atoms with Crippen molar-refractivity contribution in [2.24, 2.45) is 0 Å². The molecule has 72 heavy (non-hydrogen) atoms. The number of phosphoric ester groups is 1. The van der Waals surface area contributed by atoms with Gasteiger partial charge in [-0.25, -0.2) is 4.57 Å². The van der Waals surface area contributed by atoms with Gasteiger partial charge in [-0.1, -0.05) is 230 Å². The van der Waals surface area contributed by atoms with E-state index in [9.17, 15) is 19.0 Å². The van der Waals surface area contributed by atoms with Gasteiger partial charge in [0.1, 0.15) is 19.8 Å². The number of phosphoric acid groups is 1. The van der Waals surface area contributed by atoms with Gasteiger partial charge in [-0.2, -0.15) is 0 Å². The van der Waals surface area contributed by atoms with Crippen molar-refractivity contribution in [2.75, 3.05) is 47.5 Å². The Morgan fingerprint density at radius 3 is 1.07 bits per heavy atom. The molecule has 0 aliphatic heterocycles. The van der Waals surface area contributed by atoms with E-state index in [4.69, 9.17) is 18.5 Å². The smallest absolute Gasteiger partial charge is 0.462 e. The molecule has 2 atom stereocenters. The van der Waals surface area contributed by atoms with Crippen molar-refractivity contribution in [3.8, 4) is 47.4 Å². The van der Waals surface area contributed by atoms with E-state index in [1.807, 2.05) is 21.1 Å². The van der Waals surface area contributed by atoms with E-state index >= 15 is 0 Å². The molecular weight excluding hydrogens is 918 g/mol. The number of quaternary nitrogens is 1. The maximum absolute atomic E-state index is 12.8. The second-order valence-corrected chi connectivity index (χ2v) is 22.6. The average Bonchev–Trinajstić information content (AvgIpc) is 3.34. The van der Waals surface area contributed by atoms with Crippen LogP contribution < -0.4 is 0 Å². The first-order chi connectivity index (χ1) is 35.0. The van der Waals surface area contributed by atoms with Crippen LogP contribution in [0, 0.1) is 47.4 Å². The fourth-order valence-corrected chi connectivity index (χ4v) is 8.92. The standard InChI is InChI=1S/C62H108NO8P/c1-6-8-10-12-14-16-18-20-22-24-26-28-30-32-34-36-38-40-42-44-46-48-50-52-54-61(64)68-58-60(59-70-72(66,67)69-57-56-63(3,4)5)71-62(65)55-53-51-49-47-45-43-41-39-37-35-33-31-29-27-25-23-21-19-17-15-13-11-9-7-2/h60H,6-35,44-59H2,1-5H3/p+1/t60-/m1/s1. The van der Waals surface area contributed by atoms with Gasteiger partial charge in [0.05, 0.1) is 27.7 Å². The van der Waals surface area contributed by atoms with E-state index in [1.54, 1.807) is 0 Å². The lowest BCUT2D eigenvalue weighted by atomic mass is 10.0. The highest BCUT2D eigenvalue weighted by molar-refractivity contribution is 7.47. The van der Waals surface area contributed by atoms with E-state index in [2.05, 4.69) is 61.2 Å². The Kier molecular flexibility index (Phi) is 51.1. The number of hydrogen-bond donors (Lipinski definition) is 1. The third kappa shape index (κ3) is 56.5. The number of unbranched alkanes of at least 4 members (excludes halogenated alkanes) is 36. The molecule has 0 saturated carbocycles. The van der Waals surface area contributed by atoms with Gasteiger partial charge in [-0.15, -0.1) is 0 Å². The first-order valence-electron chi connectivity index (χ1n) is 29.7. The fourth-order valence-electron chi connectivity index (χ4n) is 8.18. The second kappa shape index (κ2) is 53.1. The zero-order valence-corrected chi connectivity index (χ0v) is 48.2. The predicted octanol–water partition coefficient (Wildman–Crippen LogP) is 16.7. The van der Waals surface area contributed by atoms with Crippen LogP contribution in [-0.2, 0) is 32.7 Å². The summed E-state index contributed by atoms with van der Waals surface area (Å²) in [6.45, 7) is 4.33. The maximum Gasteiger partial charge on any atom is 0.472 e. The number of rotatable bonds is 50. The molecule has 0 spiro atoms. The summed E-state index contributed by atoms with van der Waals surface area (Å²) in [7, 11) is 1.41. The van der Waals surface area contributed by atoms with E-state index < -0.39 is 32.5 Å². The topological polar surface area (TPSA) is 108 Å². The van der Waals surface area contributed by atoms with Crippen LogP contribution >= 0.6 is 7.82 Å². The van der Waals surface area contributed by atoms with E-state index in [0.717, 1.165) is 77.0 Å². The Bertz CT molecular complexity index is 1580. The number of carbonyl (C=O) groups excluding carboxylic acids is 2. The van der Waals surface area contributed by atoms with Gasteiger partial charge in [0, 0.05) is 38.5 Å². The highest BCUT2D eigenvalue weighted by Crippen LogP contribution is 2.43. The number of carbonyl (C=O) groups is 2. The van der Waals surface area contributed by atoms with Crippen LogP contribution in [0.15, 0.2) is 0 Å². The zero-order chi connectivity index (χ0) is 52.7. The second-order valence-electron chi connectivity index (χ2n) is 21.1. The van der Waals surface area contributed by atoms with E-state index in [1.165, 1.54) is 167 Å². The van der Waals surface area contributed by atoms with Crippen molar-refractivity contribution in [1.82, 2.24) is 0 Å². The van der Waals surface area contributed by atoms with Crippen molar-refractivity contribution in [1.29, 1.82) is 0 Å². The molecule has 0 aliphatic carbocycles. The molecule has 0 radical (unpaired) electrons. The van der Waals surface area contributed by atoms with Crippen LogP contribution in [0.4, 0.5) is 0 Å². The van der Waals surface area contributed by atoms with Gasteiger partial charge in [0.15, 0.2) is 6.10 Å². The van der Waals surface area contributed by atoms with E-state index in [-0.39, 0.29) is 26.1 Å². The molecule has 0 rings (SSSR count). The molecule has 1 N–H and O–H groups in total. The molecule has 0 bridgehead atoms. The third-order valence-corrected chi connectivity index (χ3v) is 13.8. The Morgan fingerprint density at radius 1 is 0.431 bits per heavy atom. The summed E-state index contributed by atoms with van der Waals surface area (Å²) >= 11 is 0. The molecule has 10 heteroatoms. The van der Waals surface area contributed by atoms with Crippen LogP contribution in [0.1, 0.15) is 284 Å². The van der Waals surface area contributed by atoms with Crippen LogP contribution in [0.25, 0.3) is 0 Å². The Morgan fingerprint density at radius 2 is 0.736 bits per heavy atom. The van der Waals surface area contributed by atoms with Gasteiger partial charge < -0.3 is 18.9 Å². The normalized spacial score (nSPS) is 12.2. The molecular formula is C62H109NO8P+. The molecule has 9 nitrogen and oxygen atoms in total. The number of ether oxygens (including phenoxy) is 2. The van der Waals surface area contributed by atoms with Crippen molar-refractivity contribution in [3.05, 3.63) is 0 Å². The summed E-state index contributed by atoms with van der Waals surface area (Å²) in [5, 5.41) is 0. The van der Waals surface area contributed by atoms with Gasteiger partial charge >= 0.3 is 19.8 Å². The molecule has 0 aromatic heterocycles. The summed E-state index contributed by atoms with van der Waals surface area (Å²) in [4.78, 5) is 35.6. The summed E-state index contributed by atoms with van der Waals surface area (Å²) in [6.07, 6.45) is 47.5. The third-order valence-electron chi connectivity index (χ3n) is 12.8. The molecule has 0 fully saturated rings. The molecule has 0 heterocycles. The Hall–Kier alpha value is -2.75. The number of hydrogen-bond acceptors (Lipinski definition) is 7. The van der Waals surface area contributed by atoms with Crippen molar-refractivity contribution >= 4 is 19.8 Å². The van der Waals surface area contributed by atoms with Crippen molar-refractivity contribution in [3.63, 3.8) is 0 Å². The van der Waals surface area contributed by atoms with Crippen molar-refractivity contribution < 1.29 is 42.1 Å². The lowest BCUT2D eigenvalue weighted by Gasteiger charge is -2.24. The predicted molar refractivity (Wildman–Crippen MR) is 302 cm³/mol. The molecule has 0 aromatic carbocycles. The quantitative estimate of drug-likeness (QED) is 0.0211. The molecule has 414 valence electrons. The highest BCUT2D eigenvalue weighted by Gasteiger charge is 2.27. The monoisotopic (exact) mass is 1030 g/mol. The van der Waals surface area contributed by atoms with Gasteiger partial charge in [-0.3, -0.25) is 18.6 Å². The van der Waals surface area contributed by atoms with Gasteiger partial charge in [-0.05, 0) is 62.2 Å². The van der Waals surface area contributed by atoms with Crippen LogP contribution in [0.5, 0.6) is 0 Å². The van der Waals surface area contributed by atoms with E-state index in [0.29, 0.717) is 23.9 Å². The zero-order valence-electron chi connectivity index (χ0n) is 47.3. The number of likely N-dealkylation sites (N-methyl/N-ethyl adjacent to an activating group) is 1. The number of esters is 2. The fraction of sp³-hybridized carbons (Fsp3) is 0.839. The van der Waals surface area contributed by atoms with Gasteiger partial charge in [0.2, 0.25) is 0 Å². The maximum atomic E-state index is 12.8. The minimum atomic E-state index is -4.42. The lowest BCUT2D eigenvalue weighted by Crippen LogP contribution is -2.37. The largest absolute Gasteiger partial charge is 0.472 e. The minimum Gasteiger partial charge on any atom is -0.462 e. The molecule has 0 aliphatic rings. The summed E-state index contributed by atoms with van der Waals surface area (Å²) < 4.78 is 34.4. The Labute approximate surface area is 444 Å². The van der Waals surface area contributed by atoms with Gasteiger partial charge in [0.25, 0.3) is 0 Å². The molecule has 0 saturated heterocycles. The number of nitrogens with zero attached hydrogens (tertiary/aromatic N) is 1. The summed E-state index contributed by atoms with van der Waals surface area (Å²) in [6, 6.07) is 0. The summed E-state index contributed by atoms with van der Waals surface area (Å²) in [5.41, 5.74) is 0. The minimum absolute atomic E-state index is 0.00945. The first kappa shape index (κ1) is 69.2.